The number of likely N-dealkylation sites (tertiary alicyclic amines) is 1. The van der Waals surface area contributed by atoms with E-state index in [1.807, 2.05) is 31.2 Å². The molecule has 0 spiro atoms. The van der Waals surface area contributed by atoms with Crippen molar-refractivity contribution in [2.75, 3.05) is 26.3 Å². The Morgan fingerprint density at radius 2 is 2.14 bits per heavy atom. The number of hydrogen-bond acceptors (Lipinski definition) is 4. The van der Waals surface area contributed by atoms with Crippen LogP contribution in [0.4, 0.5) is 0 Å². The molecule has 1 fully saturated rings. The number of piperidine rings is 1. The molecule has 2 N–H and O–H groups in total. The van der Waals surface area contributed by atoms with Gasteiger partial charge in [0, 0.05) is 24.8 Å². The molecule has 0 aliphatic carbocycles. The SMILES string of the molecule is CCOc1ccccc1C(O)CN1CCCCC1CCO. The van der Waals surface area contributed by atoms with Crippen molar-refractivity contribution in [3.63, 3.8) is 0 Å². The van der Waals surface area contributed by atoms with Crippen LogP contribution in [0.15, 0.2) is 24.3 Å². The number of aliphatic hydroxyl groups excluding tert-OH is 2. The first-order valence-electron chi connectivity index (χ1n) is 8.01. The fraction of sp³-hybridized carbons (Fsp3) is 0.647. The van der Waals surface area contributed by atoms with Crippen LogP contribution in [0.5, 0.6) is 5.75 Å². The summed E-state index contributed by atoms with van der Waals surface area (Å²) in [7, 11) is 0. The van der Waals surface area contributed by atoms with Crippen molar-refractivity contribution in [2.24, 2.45) is 0 Å². The van der Waals surface area contributed by atoms with E-state index in [2.05, 4.69) is 4.90 Å². The fourth-order valence-electron chi connectivity index (χ4n) is 3.14. The number of para-hydroxylation sites is 1. The largest absolute Gasteiger partial charge is 0.493 e. The standard InChI is InChI=1S/C17H27NO3/c1-2-21-17-9-4-3-8-15(17)16(20)13-18-11-6-5-7-14(18)10-12-19/h3-4,8-9,14,16,19-20H,2,5-7,10-13H2,1H3. The molecule has 1 aromatic rings. The number of nitrogens with zero attached hydrogens (tertiary/aromatic N) is 1. The van der Waals surface area contributed by atoms with Gasteiger partial charge >= 0.3 is 0 Å². The molecule has 1 aliphatic heterocycles. The molecule has 1 saturated heterocycles. The zero-order valence-corrected chi connectivity index (χ0v) is 12.9. The van der Waals surface area contributed by atoms with Crippen molar-refractivity contribution in [1.29, 1.82) is 0 Å². The molecule has 2 atom stereocenters. The molecule has 0 amide bonds. The molecule has 2 unspecified atom stereocenters. The fourth-order valence-corrected chi connectivity index (χ4v) is 3.14. The first-order valence-corrected chi connectivity index (χ1v) is 8.01. The van der Waals surface area contributed by atoms with E-state index in [1.54, 1.807) is 0 Å². The highest BCUT2D eigenvalue weighted by molar-refractivity contribution is 5.35. The summed E-state index contributed by atoms with van der Waals surface area (Å²) in [6.45, 7) is 4.37. The van der Waals surface area contributed by atoms with E-state index < -0.39 is 6.10 Å². The van der Waals surface area contributed by atoms with Gasteiger partial charge < -0.3 is 14.9 Å². The van der Waals surface area contributed by atoms with Crippen molar-refractivity contribution >= 4 is 0 Å². The van der Waals surface area contributed by atoms with E-state index in [1.165, 1.54) is 12.8 Å². The Balaban J connectivity index is 2.04. The lowest BCUT2D eigenvalue weighted by Crippen LogP contribution is -2.42. The second-order valence-corrected chi connectivity index (χ2v) is 5.64. The maximum Gasteiger partial charge on any atom is 0.125 e. The minimum Gasteiger partial charge on any atom is -0.493 e. The van der Waals surface area contributed by atoms with E-state index in [-0.39, 0.29) is 6.61 Å². The highest BCUT2D eigenvalue weighted by Crippen LogP contribution is 2.28. The van der Waals surface area contributed by atoms with E-state index in [4.69, 9.17) is 4.74 Å². The minimum absolute atomic E-state index is 0.215. The van der Waals surface area contributed by atoms with Gasteiger partial charge in [0.1, 0.15) is 5.75 Å². The molecule has 118 valence electrons. The van der Waals surface area contributed by atoms with Crippen LogP contribution in [0.25, 0.3) is 0 Å². The Labute approximate surface area is 127 Å². The van der Waals surface area contributed by atoms with Gasteiger partial charge in [-0.2, -0.15) is 0 Å². The lowest BCUT2D eigenvalue weighted by Gasteiger charge is -2.37. The molecular weight excluding hydrogens is 266 g/mol. The molecule has 4 heteroatoms. The first-order chi connectivity index (χ1) is 10.3. The third kappa shape index (κ3) is 4.43. The molecule has 2 rings (SSSR count). The highest BCUT2D eigenvalue weighted by Gasteiger charge is 2.25. The van der Waals surface area contributed by atoms with Crippen molar-refractivity contribution in [3.8, 4) is 5.75 Å². The molecule has 0 aromatic heterocycles. The molecule has 1 aromatic carbocycles. The quantitative estimate of drug-likeness (QED) is 0.810. The van der Waals surface area contributed by atoms with Crippen molar-refractivity contribution in [2.45, 2.75) is 44.8 Å². The third-order valence-electron chi connectivity index (χ3n) is 4.20. The van der Waals surface area contributed by atoms with Crippen LogP contribution in [0.3, 0.4) is 0 Å². The zero-order chi connectivity index (χ0) is 15.1. The van der Waals surface area contributed by atoms with Gasteiger partial charge in [0.2, 0.25) is 0 Å². The van der Waals surface area contributed by atoms with Gasteiger partial charge in [0.15, 0.2) is 0 Å². The van der Waals surface area contributed by atoms with Crippen LogP contribution in [0.1, 0.15) is 44.3 Å². The van der Waals surface area contributed by atoms with Crippen LogP contribution in [0.2, 0.25) is 0 Å². The molecule has 0 saturated carbocycles. The molecule has 0 radical (unpaired) electrons. The summed E-state index contributed by atoms with van der Waals surface area (Å²) in [6, 6.07) is 8.08. The summed E-state index contributed by atoms with van der Waals surface area (Å²) in [5.41, 5.74) is 0.854. The number of rotatable bonds is 7. The molecule has 4 nitrogen and oxygen atoms in total. The Hall–Kier alpha value is -1.10. The van der Waals surface area contributed by atoms with Gasteiger partial charge in [-0.1, -0.05) is 24.6 Å². The van der Waals surface area contributed by atoms with Crippen LogP contribution >= 0.6 is 0 Å². The third-order valence-corrected chi connectivity index (χ3v) is 4.20. The number of benzene rings is 1. The lowest BCUT2D eigenvalue weighted by atomic mass is 9.98. The van der Waals surface area contributed by atoms with Gasteiger partial charge in [-0.25, -0.2) is 0 Å². The Kier molecular flexibility index (Phi) is 6.49. The first kappa shape index (κ1) is 16.3. The van der Waals surface area contributed by atoms with E-state index in [9.17, 15) is 10.2 Å². The van der Waals surface area contributed by atoms with Crippen molar-refractivity contribution < 1.29 is 14.9 Å². The van der Waals surface area contributed by atoms with Crippen LogP contribution in [0, 0.1) is 0 Å². The predicted molar refractivity (Wildman–Crippen MR) is 83.5 cm³/mol. The molecule has 21 heavy (non-hydrogen) atoms. The van der Waals surface area contributed by atoms with Crippen molar-refractivity contribution in [3.05, 3.63) is 29.8 Å². The maximum absolute atomic E-state index is 10.6. The number of aliphatic hydroxyl groups is 2. The Bertz CT molecular complexity index is 422. The highest BCUT2D eigenvalue weighted by atomic mass is 16.5. The summed E-state index contributed by atoms with van der Waals surface area (Å²) in [6.07, 6.45) is 3.74. The molecule has 1 aliphatic rings. The Morgan fingerprint density at radius 1 is 1.33 bits per heavy atom. The summed E-state index contributed by atoms with van der Waals surface area (Å²) in [5.74, 6) is 0.767. The van der Waals surface area contributed by atoms with Gasteiger partial charge in [0.25, 0.3) is 0 Å². The second kappa shape index (κ2) is 8.37. The van der Waals surface area contributed by atoms with Gasteiger partial charge in [-0.15, -0.1) is 0 Å². The van der Waals surface area contributed by atoms with E-state index in [0.29, 0.717) is 19.2 Å². The average molecular weight is 293 g/mol. The lowest BCUT2D eigenvalue weighted by molar-refractivity contribution is 0.0552. The van der Waals surface area contributed by atoms with E-state index >= 15 is 0 Å². The van der Waals surface area contributed by atoms with Gasteiger partial charge in [-0.05, 0) is 38.8 Å². The van der Waals surface area contributed by atoms with Crippen LogP contribution < -0.4 is 4.74 Å². The normalized spacial score (nSPS) is 21.2. The summed E-state index contributed by atoms with van der Waals surface area (Å²) >= 11 is 0. The predicted octanol–water partition coefficient (Wildman–Crippen LogP) is 2.36. The molecule has 1 heterocycles. The monoisotopic (exact) mass is 293 g/mol. The molecular formula is C17H27NO3. The summed E-state index contributed by atoms with van der Waals surface area (Å²) in [4.78, 5) is 2.31. The summed E-state index contributed by atoms with van der Waals surface area (Å²) in [5, 5.41) is 19.8. The van der Waals surface area contributed by atoms with E-state index in [0.717, 1.165) is 30.7 Å². The number of β-amino-alcohol motifs (C(OH)–C–C–N with tert-alkyl or cyclic N) is 1. The number of hydrogen-bond donors (Lipinski definition) is 2. The smallest absolute Gasteiger partial charge is 0.125 e. The minimum atomic E-state index is -0.549. The van der Waals surface area contributed by atoms with Crippen LogP contribution in [-0.2, 0) is 0 Å². The van der Waals surface area contributed by atoms with Gasteiger partial charge in [-0.3, -0.25) is 4.90 Å². The average Bonchev–Trinajstić information content (AvgIpc) is 2.50. The topological polar surface area (TPSA) is 52.9 Å². The molecule has 0 bridgehead atoms. The Morgan fingerprint density at radius 3 is 2.90 bits per heavy atom. The number of ether oxygens (including phenoxy) is 1. The summed E-state index contributed by atoms with van der Waals surface area (Å²) < 4.78 is 5.60. The van der Waals surface area contributed by atoms with Crippen molar-refractivity contribution in [1.82, 2.24) is 4.90 Å². The van der Waals surface area contributed by atoms with Crippen LogP contribution in [-0.4, -0.2) is 47.5 Å². The second-order valence-electron chi connectivity index (χ2n) is 5.64. The maximum atomic E-state index is 10.6. The van der Waals surface area contributed by atoms with Gasteiger partial charge in [0.05, 0.1) is 12.7 Å². The zero-order valence-electron chi connectivity index (χ0n) is 12.9.